The molecule has 2 aromatic carbocycles. The van der Waals surface area contributed by atoms with Gasteiger partial charge in [0.2, 0.25) is 5.91 Å². The summed E-state index contributed by atoms with van der Waals surface area (Å²) in [7, 11) is -2.41. The Kier molecular flexibility index (Phi) is 6.91. The van der Waals surface area contributed by atoms with E-state index in [2.05, 4.69) is 9.71 Å². The minimum atomic E-state index is -3.89. The van der Waals surface area contributed by atoms with Gasteiger partial charge in [-0.3, -0.25) is 9.52 Å². The number of hydrogen-bond acceptors (Lipinski definition) is 7. The van der Waals surface area contributed by atoms with Gasteiger partial charge in [-0.15, -0.1) is 11.3 Å². The highest BCUT2D eigenvalue weighted by molar-refractivity contribution is 7.93. The third kappa shape index (κ3) is 5.49. The second-order valence-corrected chi connectivity index (χ2v) is 10.1. The number of rotatable bonds is 7. The van der Waals surface area contributed by atoms with Gasteiger partial charge in [0.05, 0.1) is 31.6 Å². The van der Waals surface area contributed by atoms with E-state index in [0.717, 1.165) is 11.3 Å². The summed E-state index contributed by atoms with van der Waals surface area (Å²) in [5, 5.41) is 0.177. The molecule has 4 rings (SSSR count). The zero-order chi connectivity index (χ0) is 23.4. The molecule has 1 amide bonds. The lowest BCUT2D eigenvalue weighted by molar-refractivity contribution is -0.134. The summed E-state index contributed by atoms with van der Waals surface area (Å²) in [5.74, 6) is 0.0163. The van der Waals surface area contributed by atoms with Gasteiger partial charge in [-0.1, -0.05) is 12.1 Å². The maximum atomic E-state index is 13.7. The molecule has 1 aliphatic rings. The highest BCUT2D eigenvalue weighted by atomic mass is 32.2. The van der Waals surface area contributed by atoms with Gasteiger partial charge in [-0.2, -0.15) is 0 Å². The molecule has 3 aromatic rings. The summed E-state index contributed by atoms with van der Waals surface area (Å²) < 4.78 is 52.2. The van der Waals surface area contributed by atoms with Crippen LogP contribution in [0.5, 0.6) is 5.75 Å². The van der Waals surface area contributed by atoms with Crippen molar-refractivity contribution < 1.29 is 27.1 Å². The fraction of sp³-hybridized carbons (Fsp3) is 0.273. The predicted molar refractivity (Wildman–Crippen MR) is 122 cm³/mol. The van der Waals surface area contributed by atoms with E-state index in [1.165, 1.54) is 43.6 Å². The average molecular weight is 492 g/mol. The van der Waals surface area contributed by atoms with E-state index in [9.17, 15) is 17.6 Å². The molecule has 11 heteroatoms. The Hall–Kier alpha value is -3.02. The van der Waals surface area contributed by atoms with Crippen LogP contribution in [0.1, 0.15) is 4.88 Å². The van der Waals surface area contributed by atoms with Crippen LogP contribution in [-0.4, -0.2) is 57.6 Å². The fourth-order valence-electron chi connectivity index (χ4n) is 3.40. The number of anilines is 1. The van der Waals surface area contributed by atoms with Crippen molar-refractivity contribution in [3.05, 3.63) is 59.4 Å². The van der Waals surface area contributed by atoms with Crippen molar-refractivity contribution in [2.24, 2.45) is 0 Å². The first-order chi connectivity index (χ1) is 15.9. The topological polar surface area (TPSA) is 97.8 Å². The first-order valence-corrected chi connectivity index (χ1v) is 12.4. The molecule has 1 fully saturated rings. The van der Waals surface area contributed by atoms with E-state index < -0.39 is 15.8 Å². The number of carbonyl (C=O) groups excluding carboxylic acids is 1. The molecule has 0 aliphatic carbocycles. The van der Waals surface area contributed by atoms with E-state index in [1.807, 2.05) is 0 Å². The molecular formula is C22H22FN3O5S2. The highest BCUT2D eigenvalue weighted by Gasteiger charge is 2.20. The van der Waals surface area contributed by atoms with Gasteiger partial charge >= 0.3 is 0 Å². The maximum Gasteiger partial charge on any atom is 0.263 e. The second-order valence-electron chi connectivity index (χ2n) is 7.28. The van der Waals surface area contributed by atoms with Gasteiger partial charge in [0, 0.05) is 29.7 Å². The van der Waals surface area contributed by atoms with E-state index in [-0.39, 0.29) is 22.4 Å². The van der Waals surface area contributed by atoms with Crippen LogP contribution in [0.4, 0.5) is 9.52 Å². The monoisotopic (exact) mass is 491 g/mol. The van der Waals surface area contributed by atoms with Gasteiger partial charge in [0.25, 0.3) is 10.0 Å². The number of sulfonamides is 1. The number of ether oxygens (including phenoxy) is 2. The van der Waals surface area contributed by atoms with Crippen LogP contribution in [0.2, 0.25) is 0 Å². The van der Waals surface area contributed by atoms with Gasteiger partial charge in [0.15, 0.2) is 5.13 Å². The summed E-state index contributed by atoms with van der Waals surface area (Å²) in [6, 6.07) is 10.2. The third-order valence-corrected chi connectivity index (χ3v) is 7.50. The van der Waals surface area contributed by atoms with E-state index in [4.69, 9.17) is 9.47 Å². The van der Waals surface area contributed by atoms with Gasteiger partial charge < -0.3 is 14.4 Å². The van der Waals surface area contributed by atoms with Crippen molar-refractivity contribution in [2.45, 2.75) is 11.3 Å². The number of amides is 1. The van der Waals surface area contributed by atoms with Crippen LogP contribution in [0.15, 0.2) is 53.6 Å². The SMILES string of the molecule is COc1ccc(F)cc1-c1ccc(S(=O)(=O)Nc2ncc(CC(=O)N3CCOCC3)s2)cc1. The Labute approximate surface area is 195 Å². The van der Waals surface area contributed by atoms with Crippen molar-refractivity contribution in [1.82, 2.24) is 9.88 Å². The van der Waals surface area contributed by atoms with Crippen LogP contribution >= 0.6 is 11.3 Å². The highest BCUT2D eigenvalue weighted by Crippen LogP contribution is 2.31. The number of nitrogens with one attached hydrogen (secondary N) is 1. The largest absolute Gasteiger partial charge is 0.496 e. The van der Waals surface area contributed by atoms with Crippen LogP contribution < -0.4 is 9.46 Å². The molecule has 0 bridgehead atoms. The van der Waals surface area contributed by atoms with Crippen LogP contribution in [0.3, 0.4) is 0 Å². The number of benzene rings is 2. The number of nitrogens with zero attached hydrogens (tertiary/aromatic N) is 2. The molecule has 0 unspecified atom stereocenters. The molecule has 1 aliphatic heterocycles. The summed E-state index contributed by atoms with van der Waals surface area (Å²) in [6.45, 7) is 2.14. The Morgan fingerprint density at radius 1 is 1.21 bits per heavy atom. The molecule has 0 atom stereocenters. The molecule has 1 aromatic heterocycles. The van der Waals surface area contributed by atoms with Gasteiger partial charge in [-0.05, 0) is 35.9 Å². The normalized spacial score (nSPS) is 14.2. The Balaban J connectivity index is 1.45. The lowest BCUT2D eigenvalue weighted by Crippen LogP contribution is -2.41. The van der Waals surface area contributed by atoms with Crippen molar-refractivity contribution in [2.75, 3.05) is 38.1 Å². The predicted octanol–water partition coefficient (Wildman–Crippen LogP) is 3.16. The summed E-state index contributed by atoms with van der Waals surface area (Å²) in [6.07, 6.45) is 1.66. The molecule has 0 spiro atoms. The molecule has 1 N–H and O–H groups in total. The standard InChI is InChI=1S/C22H22FN3O5S2/c1-30-20-7-4-16(23)12-19(20)15-2-5-18(6-3-15)33(28,29)25-22-24-14-17(32-22)13-21(27)26-8-10-31-11-9-26/h2-7,12,14H,8-11,13H2,1H3,(H,24,25). The lowest BCUT2D eigenvalue weighted by atomic mass is 10.0. The number of methoxy groups -OCH3 is 1. The van der Waals surface area contributed by atoms with Gasteiger partial charge in [0.1, 0.15) is 11.6 Å². The summed E-state index contributed by atoms with van der Waals surface area (Å²) in [5.41, 5.74) is 1.13. The smallest absolute Gasteiger partial charge is 0.263 e. The van der Waals surface area contributed by atoms with Crippen molar-refractivity contribution in [3.8, 4) is 16.9 Å². The number of carbonyl (C=O) groups is 1. The summed E-state index contributed by atoms with van der Waals surface area (Å²) >= 11 is 1.11. The van der Waals surface area contributed by atoms with Crippen molar-refractivity contribution >= 4 is 32.4 Å². The first kappa shape index (κ1) is 23.1. The molecule has 33 heavy (non-hydrogen) atoms. The van der Waals surface area contributed by atoms with Crippen LogP contribution in [-0.2, 0) is 26.0 Å². The third-order valence-electron chi connectivity index (χ3n) is 5.10. The first-order valence-electron chi connectivity index (χ1n) is 10.1. The van der Waals surface area contributed by atoms with E-state index in [0.29, 0.717) is 48.1 Å². The number of aromatic nitrogens is 1. The molecular weight excluding hydrogens is 469 g/mol. The van der Waals surface area contributed by atoms with E-state index in [1.54, 1.807) is 17.0 Å². The second kappa shape index (κ2) is 9.86. The number of halogens is 1. The fourth-order valence-corrected chi connectivity index (χ4v) is 5.45. The number of hydrogen-bond donors (Lipinski definition) is 1. The average Bonchev–Trinajstić information content (AvgIpc) is 3.25. The van der Waals surface area contributed by atoms with Crippen LogP contribution in [0.25, 0.3) is 11.1 Å². The maximum absolute atomic E-state index is 13.7. The molecule has 174 valence electrons. The molecule has 1 saturated heterocycles. The van der Waals surface area contributed by atoms with E-state index >= 15 is 0 Å². The zero-order valence-electron chi connectivity index (χ0n) is 17.8. The lowest BCUT2D eigenvalue weighted by Gasteiger charge is -2.26. The molecule has 0 saturated carbocycles. The number of morpholine rings is 1. The quantitative estimate of drug-likeness (QED) is 0.545. The van der Waals surface area contributed by atoms with Crippen molar-refractivity contribution in [1.29, 1.82) is 0 Å². The van der Waals surface area contributed by atoms with Crippen molar-refractivity contribution in [3.63, 3.8) is 0 Å². The Morgan fingerprint density at radius 2 is 1.94 bits per heavy atom. The molecule has 0 radical (unpaired) electrons. The minimum absolute atomic E-state index is 0.0303. The summed E-state index contributed by atoms with van der Waals surface area (Å²) in [4.78, 5) is 18.9. The molecule has 8 nitrogen and oxygen atoms in total. The molecule has 2 heterocycles. The van der Waals surface area contributed by atoms with Crippen LogP contribution in [0, 0.1) is 5.82 Å². The Morgan fingerprint density at radius 3 is 2.64 bits per heavy atom. The zero-order valence-corrected chi connectivity index (χ0v) is 19.4. The Bertz CT molecular complexity index is 1240. The van der Waals surface area contributed by atoms with Gasteiger partial charge in [-0.25, -0.2) is 17.8 Å². The minimum Gasteiger partial charge on any atom is -0.496 e. The number of thiazole rings is 1.